The first-order valence-corrected chi connectivity index (χ1v) is 3.69. The van der Waals surface area contributed by atoms with Crippen LogP contribution in [0, 0.1) is 6.92 Å². The lowest BCUT2D eigenvalue weighted by Gasteiger charge is -2.01. The minimum absolute atomic E-state index is 0.320. The van der Waals surface area contributed by atoms with Gasteiger partial charge in [0.1, 0.15) is 0 Å². The zero-order chi connectivity index (χ0) is 8.97. The largest absolute Gasteiger partial charge is 0.464 e. The molecule has 64 valence electrons. The second-order valence-corrected chi connectivity index (χ2v) is 2.24. The molecule has 0 saturated carbocycles. The number of nitrogens with zero attached hydrogens (tertiary/aromatic N) is 2. The highest BCUT2D eigenvalue weighted by Crippen LogP contribution is 2.05. The molecule has 1 aromatic heterocycles. The number of carbonyl (C=O) groups excluding carboxylic acids is 1. The summed E-state index contributed by atoms with van der Waals surface area (Å²) < 4.78 is 5.05. The molecule has 0 atom stereocenters. The van der Waals surface area contributed by atoms with E-state index < -0.39 is 0 Å². The molecule has 1 rings (SSSR count). The Hall–Kier alpha value is -1.45. The molecule has 0 unspecified atom stereocenters. The monoisotopic (exact) mass is 166 g/mol. The van der Waals surface area contributed by atoms with Crippen LogP contribution in [-0.2, 0) is 0 Å². The van der Waals surface area contributed by atoms with Crippen molar-refractivity contribution >= 4 is 6.29 Å². The Kier molecular flexibility index (Phi) is 2.74. The van der Waals surface area contributed by atoms with E-state index in [0.29, 0.717) is 23.9 Å². The summed E-state index contributed by atoms with van der Waals surface area (Å²) >= 11 is 0. The molecule has 0 aliphatic carbocycles. The Labute approximate surface area is 70.6 Å². The third kappa shape index (κ3) is 1.78. The van der Waals surface area contributed by atoms with Crippen molar-refractivity contribution < 1.29 is 9.53 Å². The molecule has 0 radical (unpaired) electrons. The molecule has 0 fully saturated rings. The lowest BCUT2D eigenvalue weighted by molar-refractivity contribution is 0.112. The smallest absolute Gasteiger partial charge is 0.316 e. The van der Waals surface area contributed by atoms with Crippen molar-refractivity contribution in [2.75, 3.05) is 6.61 Å². The maximum atomic E-state index is 10.4. The van der Waals surface area contributed by atoms with Crippen LogP contribution in [0.25, 0.3) is 0 Å². The van der Waals surface area contributed by atoms with Gasteiger partial charge in [0.15, 0.2) is 6.29 Å². The number of rotatable bonds is 3. The molecule has 0 amide bonds. The molecule has 0 bridgehead atoms. The van der Waals surface area contributed by atoms with E-state index in [2.05, 4.69) is 9.97 Å². The first-order valence-electron chi connectivity index (χ1n) is 3.69. The predicted molar refractivity (Wildman–Crippen MR) is 43.3 cm³/mol. The minimum atomic E-state index is 0.320. The fourth-order valence-corrected chi connectivity index (χ4v) is 0.769. The summed E-state index contributed by atoms with van der Waals surface area (Å²) in [5.41, 5.74) is 1.14. The van der Waals surface area contributed by atoms with Gasteiger partial charge in [0, 0.05) is 6.20 Å². The molecule has 0 saturated heterocycles. The van der Waals surface area contributed by atoms with Crippen molar-refractivity contribution in [1.82, 2.24) is 9.97 Å². The highest BCUT2D eigenvalue weighted by molar-refractivity contribution is 5.75. The fourth-order valence-electron chi connectivity index (χ4n) is 0.769. The van der Waals surface area contributed by atoms with Crippen LogP contribution >= 0.6 is 0 Å². The average molecular weight is 166 g/mol. The van der Waals surface area contributed by atoms with Gasteiger partial charge in [0.25, 0.3) is 0 Å². The Morgan fingerprint density at radius 3 is 2.92 bits per heavy atom. The fraction of sp³-hybridized carbons (Fsp3) is 0.375. The molecule has 0 spiro atoms. The van der Waals surface area contributed by atoms with Gasteiger partial charge in [-0.1, -0.05) is 0 Å². The molecule has 0 aliphatic heterocycles. The van der Waals surface area contributed by atoms with Crippen LogP contribution in [0.5, 0.6) is 6.01 Å². The van der Waals surface area contributed by atoms with Gasteiger partial charge in [-0.2, -0.15) is 4.98 Å². The molecule has 1 heterocycles. The average Bonchev–Trinajstić information content (AvgIpc) is 2.05. The van der Waals surface area contributed by atoms with Gasteiger partial charge in [-0.15, -0.1) is 0 Å². The summed E-state index contributed by atoms with van der Waals surface area (Å²) in [6.07, 6.45) is 2.19. The van der Waals surface area contributed by atoms with Crippen LogP contribution in [0.3, 0.4) is 0 Å². The van der Waals surface area contributed by atoms with Crippen LogP contribution < -0.4 is 4.74 Å². The van der Waals surface area contributed by atoms with E-state index in [9.17, 15) is 4.79 Å². The van der Waals surface area contributed by atoms with Crippen molar-refractivity contribution in [3.8, 4) is 6.01 Å². The number of hydrogen-bond acceptors (Lipinski definition) is 4. The molecule has 12 heavy (non-hydrogen) atoms. The number of ether oxygens (including phenoxy) is 1. The van der Waals surface area contributed by atoms with E-state index in [1.807, 2.05) is 6.92 Å². The van der Waals surface area contributed by atoms with E-state index >= 15 is 0 Å². The maximum absolute atomic E-state index is 10.4. The van der Waals surface area contributed by atoms with E-state index in [1.165, 1.54) is 6.20 Å². The van der Waals surface area contributed by atoms with Gasteiger partial charge in [0.05, 0.1) is 17.9 Å². The quantitative estimate of drug-likeness (QED) is 0.628. The van der Waals surface area contributed by atoms with Crippen molar-refractivity contribution in [2.24, 2.45) is 0 Å². The normalized spacial score (nSPS) is 9.50. The Morgan fingerprint density at radius 1 is 1.67 bits per heavy atom. The molecule has 0 aliphatic rings. The van der Waals surface area contributed by atoms with Crippen LogP contribution in [0.4, 0.5) is 0 Å². The van der Waals surface area contributed by atoms with E-state index in [4.69, 9.17) is 4.74 Å². The Morgan fingerprint density at radius 2 is 2.42 bits per heavy atom. The van der Waals surface area contributed by atoms with Crippen molar-refractivity contribution in [3.63, 3.8) is 0 Å². The second-order valence-electron chi connectivity index (χ2n) is 2.24. The van der Waals surface area contributed by atoms with Gasteiger partial charge in [0.2, 0.25) is 0 Å². The zero-order valence-electron chi connectivity index (χ0n) is 7.07. The third-order valence-corrected chi connectivity index (χ3v) is 1.40. The summed E-state index contributed by atoms with van der Waals surface area (Å²) in [5, 5.41) is 0. The van der Waals surface area contributed by atoms with Gasteiger partial charge in [-0.25, -0.2) is 4.98 Å². The standard InChI is InChI=1S/C8H10N2O2/c1-3-12-8-9-4-7(5-11)6(2)10-8/h4-5H,3H2,1-2H3. The number of aldehydes is 1. The molecular formula is C8H10N2O2. The molecule has 0 N–H and O–H groups in total. The maximum Gasteiger partial charge on any atom is 0.316 e. The van der Waals surface area contributed by atoms with Crippen molar-refractivity contribution in [1.29, 1.82) is 0 Å². The number of carbonyl (C=O) groups is 1. The summed E-state index contributed by atoms with van der Waals surface area (Å²) in [4.78, 5) is 18.2. The SMILES string of the molecule is CCOc1ncc(C=O)c(C)n1. The highest BCUT2D eigenvalue weighted by Gasteiger charge is 2.01. The number of aromatic nitrogens is 2. The molecule has 4 nitrogen and oxygen atoms in total. The van der Waals surface area contributed by atoms with Crippen molar-refractivity contribution in [3.05, 3.63) is 17.5 Å². The summed E-state index contributed by atoms with van der Waals surface area (Å²) in [6, 6.07) is 0.320. The lowest BCUT2D eigenvalue weighted by atomic mass is 10.3. The van der Waals surface area contributed by atoms with Crippen LogP contribution in [0.1, 0.15) is 23.0 Å². The van der Waals surface area contributed by atoms with E-state index in [-0.39, 0.29) is 0 Å². The van der Waals surface area contributed by atoms with E-state index in [0.717, 1.165) is 6.29 Å². The van der Waals surface area contributed by atoms with Gasteiger partial charge >= 0.3 is 6.01 Å². The number of hydrogen-bond donors (Lipinski definition) is 0. The Balaban J connectivity index is 2.93. The third-order valence-electron chi connectivity index (χ3n) is 1.40. The van der Waals surface area contributed by atoms with Gasteiger partial charge in [-0.3, -0.25) is 4.79 Å². The van der Waals surface area contributed by atoms with Crippen LogP contribution in [-0.4, -0.2) is 22.9 Å². The first-order chi connectivity index (χ1) is 5.77. The zero-order valence-corrected chi connectivity index (χ0v) is 7.07. The van der Waals surface area contributed by atoms with Crippen LogP contribution in [0.15, 0.2) is 6.20 Å². The Bertz CT molecular complexity index is 286. The molecule has 0 aromatic carbocycles. The highest BCUT2D eigenvalue weighted by atomic mass is 16.5. The second kappa shape index (κ2) is 3.80. The lowest BCUT2D eigenvalue weighted by Crippen LogP contribution is -2.00. The molecular weight excluding hydrogens is 156 g/mol. The first kappa shape index (κ1) is 8.64. The van der Waals surface area contributed by atoms with Gasteiger partial charge < -0.3 is 4.74 Å². The topological polar surface area (TPSA) is 52.1 Å². The summed E-state index contributed by atoms with van der Waals surface area (Å²) in [6.45, 7) is 4.13. The van der Waals surface area contributed by atoms with Crippen LogP contribution in [0.2, 0.25) is 0 Å². The summed E-state index contributed by atoms with van der Waals surface area (Å²) in [7, 11) is 0. The summed E-state index contributed by atoms with van der Waals surface area (Å²) in [5.74, 6) is 0. The number of aryl methyl sites for hydroxylation is 1. The predicted octanol–water partition coefficient (Wildman–Crippen LogP) is 0.996. The minimum Gasteiger partial charge on any atom is -0.464 e. The van der Waals surface area contributed by atoms with E-state index in [1.54, 1.807) is 6.92 Å². The molecule has 4 heteroatoms. The molecule has 1 aromatic rings. The van der Waals surface area contributed by atoms with Crippen molar-refractivity contribution in [2.45, 2.75) is 13.8 Å². The van der Waals surface area contributed by atoms with Gasteiger partial charge in [-0.05, 0) is 13.8 Å².